The topological polar surface area (TPSA) is 94.0 Å². The van der Waals surface area contributed by atoms with Crippen LogP contribution in [-0.2, 0) is 11.3 Å². The predicted molar refractivity (Wildman–Crippen MR) is 49.1 cm³/mol. The largest absolute Gasteiger partial charge is 0.347 e. The van der Waals surface area contributed by atoms with Gasteiger partial charge in [-0.3, -0.25) is 4.79 Å². The smallest absolute Gasteiger partial charge is 0.246 e. The van der Waals surface area contributed by atoms with E-state index < -0.39 is 0 Å². The highest BCUT2D eigenvalue weighted by molar-refractivity contribution is 5.76. The maximum atomic E-state index is 11.2. The van der Waals surface area contributed by atoms with Crippen molar-refractivity contribution in [1.82, 2.24) is 15.5 Å². The van der Waals surface area contributed by atoms with Gasteiger partial charge in [0.05, 0.1) is 6.54 Å². The molecule has 1 aromatic heterocycles. The summed E-state index contributed by atoms with van der Waals surface area (Å²) in [6.45, 7) is 3.75. The minimum absolute atomic E-state index is 0.115. The summed E-state index contributed by atoms with van der Waals surface area (Å²) in [4.78, 5) is 15.1. The van der Waals surface area contributed by atoms with Crippen molar-refractivity contribution in [3.8, 4) is 0 Å². The normalized spacial score (nSPS) is 12.5. The summed E-state index contributed by atoms with van der Waals surface area (Å²) in [6.07, 6.45) is 0.299. The molecule has 1 atom stereocenters. The lowest BCUT2D eigenvalue weighted by atomic mass is 10.2. The highest BCUT2D eigenvalue weighted by Gasteiger charge is 2.07. The van der Waals surface area contributed by atoms with Crippen molar-refractivity contribution < 1.29 is 9.32 Å². The fourth-order valence-corrected chi connectivity index (χ4v) is 0.951. The monoisotopic (exact) mass is 198 g/mol. The highest BCUT2D eigenvalue weighted by Crippen LogP contribution is 1.95. The first-order chi connectivity index (χ1) is 6.58. The second-order valence-electron chi connectivity index (χ2n) is 3.19. The Morgan fingerprint density at radius 1 is 1.71 bits per heavy atom. The molecule has 1 unspecified atom stereocenters. The van der Waals surface area contributed by atoms with E-state index in [2.05, 4.69) is 15.5 Å². The van der Waals surface area contributed by atoms with E-state index in [-0.39, 0.29) is 18.5 Å². The Bertz CT molecular complexity index is 308. The molecular weight excluding hydrogens is 184 g/mol. The van der Waals surface area contributed by atoms with Gasteiger partial charge in [0, 0.05) is 12.5 Å². The predicted octanol–water partition coefficient (Wildman–Crippen LogP) is -0.268. The quantitative estimate of drug-likeness (QED) is 0.694. The van der Waals surface area contributed by atoms with Crippen molar-refractivity contribution >= 4 is 5.91 Å². The van der Waals surface area contributed by atoms with Crippen LogP contribution in [0, 0.1) is 6.92 Å². The van der Waals surface area contributed by atoms with Crippen LogP contribution in [0.1, 0.15) is 25.1 Å². The van der Waals surface area contributed by atoms with Gasteiger partial charge in [0.1, 0.15) is 0 Å². The average Bonchev–Trinajstić information content (AvgIpc) is 2.47. The molecular formula is C8H14N4O2. The molecule has 6 nitrogen and oxygen atoms in total. The van der Waals surface area contributed by atoms with Crippen LogP contribution in [0.25, 0.3) is 0 Å². The van der Waals surface area contributed by atoms with E-state index in [0.29, 0.717) is 18.1 Å². The summed E-state index contributed by atoms with van der Waals surface area (Å²) in [7, 11) is 0. The van der Waals surface area contributed by atoms with E-state index in [4.69, 9.17) is 10.3 Å². The van der Waals surface area contributed by atoms with Gasteiger partial charge in [-0.2, -0.15) is 4.98 Å². The Balaban J connectivity index is 2.30. The van der Waals surface area contributed by atoms with E-state index >= 15 is 0 Å². The Morgan fingerprint density at radius 3 is 2.93 bits per heavy atom. The maximum Gasteiger partial charge on any atom is 0.246 e. The molecule has 1 amide bonds. The van der Waals surface area contributed by atoms with E-state index in [1.807, 2.05) is 0 Å². The fraction of sp³-hybridized carbons (Fsp3) is 0.625. The van der Waals surface area contributed by atoms with Crippen LogP contribution in [0.5, 0.6) is 0 Å². The van der Waals surface area contributed by atoms with Gasteiger partial charge in [-0.1, -0.05) is 5.16 Å². The van der Waals surface area contributed by atoms with Crippen LogP contribution in [0.3, 0.4) is 0 Å². The summed E-state index contributed by atoms with van der Waals surface area (Å²) in [5.74, 6) is 0.845. The summed E-state index contributed by atoms with van der Waals surface area (Å²) in [6, 6.07) is -0.139. The number of hydrogen-bond acceptors (Lipinski definition) is 5. The molecule has 0 fully saturated rings. The molecule has 78 valence electrons. The summed E-state index contributed by atoms with van der Waals surface area (Å²) in [5.41, 5.74) is 5.45. The van der Waals surface area contributed by atoms with Gasteiger partial charge in [0.2, 0.25) is 11.8 Å². The zero-order valence-corrected chi connectivity index (χ0v) is 8.28. The molecule has 1 rings (SSSR count). The minimum Gasteiger partial charge on any atom is -0.347 e. The minimum atomic E-state index is -0.139. The zero-order chi connectivity index (χ0) is 10.6. The molecule has 0 saturated carbocycles. The first-order valence-electron chi connectivity index (χ1n) is 4.39. The molecule has 0 aromatic carbocycles. The number of hydrogen-bond donors (Lipinski definition) is 2. The van der Waals surface area contributed by atoms with E-state index in [0.717, 1.165) is 0 Å². The number of nitrogens with one attached hydrogen (secondary N) is 1. The van der Waals surface area contributed by atoms with E-state index in [1.54, 1.807) is 13.8 Å². The van der Waals surface area contributed by atoms with Crippen LogP contribution in [0.15, 0.2) is 4.52 Å². The number of carbonyl (C=O) groups is 1. The number of aromatic nitrogens is 2. The summed E-state index contributed by atoms with van der Waals surface area (Å²) in [5, 5.41) is 6.22. The van der Waals surface area contributed by atoms with Crippen molar-refractivity contribution in [3.05, 3.63) is 11.7 Å². The maximum absolute atomic E-state index is 11.2. The van der Waals surface area contributed by atoms with E-state index in [9.17, 15) is 4.79 Å². The van der Waals surface area contributed by atoms with Crippen molar-refractivity contribution in [2.45, 2.75) is 32.9 Å². The molecule has 3 N–H and O–H groups in total. The van der Waals surface area contributed by atoms with Crippen LogP contribution >= 0.6 is 0 Å². The summed E-state index contributed by atoms with van der Waals surface area (Å²) >= 11 is 0. The van der Waals surface area contributed by atoms with Crippen LogP contribution < -0.4 is 11.1 Å². The van der Waals surface area contributed by atoms with Gasteiger partial charge in [0.25, 0.3) is 0 Å². The third kappa shape index (κ3) is 3.53. The number of nitrogens with zero attached hydrogens (tertiary/aromatic N) is 2. The number of rotatable bonds is 4. The molecule has 0 aliphatic carbocycles. The SMILES string of the molecule is Cc1noc(CNC(=O)CC(C)N)n1. The second-order valence-corrected chi connectivity index (χ2v) is 3.19. The highest BCUT2D eigenvalue weighted by atomic mass is 16.5. The third-order valence-corrected chi connectivity index (χ3v) is 1.51. The van der Waals surface area contributed by atoms with Crippen molar-refractivity contribution in [3.63, 3.8) is 0 Å². The van der Waals surface area contributed by atoms with Crippen molar-refractivity contribution in [1.29, 1.82) is 0 Å². The average molecular weight is 198 g/mol. The number of nitrogens with two attached hydrogens (primary N) is 1. The molecule has 0 aliphatic heterocycles. The van der Waals surface area contributed by atoms with Crippen LogP contribution in [0.4, 0.5) is 0 Å². The van der Waals surface area contributed by atoms with Crippen LogP contribution in [0.2, 0.25) is 0 Å². The van der Waals surface area contributed by atoms with Gasteiger partial charge < -0.3 is 15.6 Å². The van der Waals surface area contributed by atoms with Gasteiger partial charge in [0.15, 0.2) is 5.82 Å². The number of amides is 1. The van der Waals surface area contributed by atoms with Gasteiger partial charge in [-0.05, 0) is 13.8 Å². The molecule has 0 radical (unpaired) electrons. The molecule has 1 aromatic rings. The first kappa shape index (κ1) is 10.6. The molecule has 6 heteroatoms. The molecule has 0 bridgehead atoms. The number of carbonyl (C=O) groups excluding carboxylic acids is 1. The van der Waals surface area contributed by atoms with Gasteiger partial charge in [-0.25, -0.2) is 0 Å². The molecule has 14 heavy (non-hydrogen) atoms. The molecule has 0 spiro atoms. The Morgan fingerprint density at radius 2 is 2.43 bits per heavy atom. The van der Waals surface area contributed by atoms with Gasteiger partial charge >= 0.3 is 0 Å². The van der Waals surface area contributed by atoms with Crippen molar-refractivity contribution in [2.24, 2.45) is 5.73 Å². The van der Waals surface area contributed by atoms with Gasteiger partial charge in [-0.15, -0.1) is 0 Å². The lowest BCUT2D eigenvalue weighted by molar-refractivity contribution is -0.121. The summed E-state index contributed by atoms with van der Waals surface area (Å²) < 4.78 is 4.81. The Kier molecular flexibility index (Phi) is 3.58. The lowest BCUT2D eigenvalue weighted by Gasteiger charge is -2.04. The van der Waals surface area contributed by atoms with Crippen LogP contribution in [-0.4, -0.2) is 22.1 Å². The Labute approximate surface area is 81.9 Å². The Hall–Kier alpha value is -1.43. The molecule has 1 heterocycles. The molecule has 0 aliphatic rings. The fourth-order valence-electron chi connectivity index (χ4n) is 0.951. The molecule has 0 saturated heterocycles. The van der Waals surface area contributed by atoms with Crippen molar-refractivity contribution in [2.75, 3.05) is 0 Å². The number of aryl methyl sites for hydroxylation is 1. The first-order valence-corrected chi connectivity index (χ1v) is 4.39. The van der Waals surface area contributed by atoms with E-state index in [1.165, 1.54) is 0 Å². The third-order valence-electron chi connectivity index (χ3n) is 1.51. The standard InChI is InChI=1S/C8H14N4O2/c1-5(9)3-7(13)10-4-8-11-6(2)12-14-8/h5H,3-4,9H2,1-2H3,(H,10,13). The lowest BCUT2D eigenvalue weighted by Crippen LogP contribution is -2.29. The second kappa shape index (κ2) is 4.71. The zero-order valence-electron chi connectivity index (χ0n) is 8.28.